The van der Waals surface area contributed by atoms with E-state index in [1.54, 1.807) is 0 Å². The summed E-state index contributed by atoms with van der Waals surface area (Å²) in [5.74, 6) is 0. The zero-order chi connectivity index (χ0) is 9.19. The lowest BCUT2D eigenvalue weighted by atomic mass is 10.0. The van der Waals surface area contributed by atoms with E-state index in [1.807, 2.05) is 0 Å². The molecule has 1 saturated carbocycles. The molecular formula is C11H24P+. The molecule has 0 heterocycles. The summed E-state index contributed by atoms with van der Waals surface area (Å²) in [4.78, 5) is 0. The Hall–Kier alpha value is 0.430. The molecule has 1 aliphatic carbocycles. The van der Waals surface area contributed by atoms with Gasteiger partial charge >= 0.3 is 0 Å². The lowest BCUT2D eigenvalue weighted by Gasteiger charge is -2.33. The van der Waals surface area contributed by atoms with Gasteiger partial charge in [-0.3, -0.25) is 0 Å². The molecule has 0 radical (unpaired) electrons. The Balaban J connectivity index is 2.53. The third-order valence-electron chi connectivity index (χ3n) is 3.85. The zero-order valence-electron chi connectivity index (χ0n) is 9.14. The quantitative estimate of drug-likeness (QED) is 0.573. The second-order valence-corrected chi connectivity index (χ2v) is 10.0. The molecule has 12 heavy (non-hydrogen) atoms. The predicted molar refractivity (Wildman–Crippen MR) is 60.8 cm³/mol. The predicted octanol–water partition coefficient (Wildman–Crippen LogP) is 4.00. The van der Waals surface area contributed by atoms with Crippen molar-refractivity contribution in [1.29, 1.82) is 0 Å². The topological polar surface area (TPSA) is 0 Å². The first-order chi connectivity index (χ1) is 5.55. The molecule has 0 saturated heterocycles. The molecule has 0 atom stereocenters. The molecule has 0 spiro atoms. The minimum atomic E-state index is -0.590. The smallest absolute Gasteiger partial charge is 0.0530 e. The standard InChI is InChI=1S/C11H24P/c1-10(2)12(3,4)11-8-6-5-7-9-11/h10-11H,5-9H2,1-4H3/q+1. The van der Waals surface area contributed by atoms with Crippen LogP contribution in [0, 0.1) is 0 Å². The molecule has 1 fully saturated rings. The van der Waals surface area contributed by atoms with Crippen molar-refractivity contribution in [2.24, 2.45) is 0 Å². The van der Waals surface area contributed by atoms with E-state index in [-0.39, 0.29) is 0 Å². The highest BCUT2D eigenvalue weighted by Crippen LogP contribution is 2.63. The second-order valence-electron chi connectivity index (χ2n) is 5.01. The average molecular weight is 187 g/mol. The fourth-order valence-electron chi connectivity index (χ4n) is 2.17. The molecule has 0 nitrogen and oxygen atoms in total. The fourth-order valence-corrected chi connectivity index (χ4v) is 4.71. The summed E-state index contributed by atoms with van der Waals surface area (Å²) in [6, 6.07) is 0. The number of hydrogen-bond donors (Lipinski definition) is 0. The Morgan fingerprint density at radius 3 is 1.92 bits per heavy atom. The molecule has 72 valence electrons. The maximum Gasteiger partial charge on any atom is 0.0694 e. The van der Waals surface area contributed by atoms with Crippen molar-refractivity contribution in [3.63, 3.8) is 0 Å². The summed E-state index contributed by atoms with van der Waals surface area (Å²) in [6.45, 7) is 9.96. The summed E-state index contributed by atoms with van der Waals surface area (Å²) in [5, 5.41) is 0. The highest BCUT2D eigenvalue weighted by molar-refractivity contribution is 7.75. The first-order valence-electron chi connectivity index (χ1n) is 5.38. The molecule has 0 aromatic carbocycles. The molecule has 1 heteroatoms. The minimum absolute atomic E-state index is 0.590. The Morgan fingerprint density at radius 2 is 1.50 bits per heavy atom. The van der Waals surface area contributed by atoms with Gasteiger partial charge in [-0.1, -0.05) is 6.42 Å². The van der Waals surface area contributed by atoms with Crippen molar-refractivity contribution in [3.05, 3.63) is 0 Å². The van der Waals surface area contributed by atoms with Crippen molar-refractivity contribution in [1.82, 2.24) is 0 Å². The SMILES string of the molecule is CC(C)[P+](C)(C)C1CCCCC1. The summed E-state index contributed by atoms with van der Waals surface area (Å²) >= 11 is 0. The van der Waals surface area contributed by atoms with E-state index in [0.717, 1.165) is 11.3 Å². The third kappa shape index (κ3) is 2.22. The van der Waals surface area contributed by atoms with Gasteiger partial charge in [0.2, 0.25) is 0 Å². The molecule has 0 bridgehead atoms. The van der Waals surface area contributed by atoms with E-state index in [4.69, 9.17) is 0 Å². The Bertz CT molecular complexity index is 132. The second kappa shape index (κ2) is 4.09. The molecular weight excluding hydrogens is 163 g/mol. The largest absolute Gasteiger partial charge is 0.0694 e. The van der Waals surface area contributed by atoms with Crippen molar-refractivity contribution in [2.45, 2.75) is 57.3 Å². The van der Waals surface area contributed by atoms with Gasteiger partial charge in [0.25, 0.3) is 0 Å². The third-order valence-corrected chi connectivity index (χ3v) is 8.91. The van der Waals surface area contributed by atoms with Crippen LogP contribution >= 0.6 is 7.26 Å². The number of hydrogen-bond acceptors (Lipinski definition) is 0. The van der Waals surface area contributed by atoms with Crippen LogP contribution in [0.3, 0.4) is 0 Å². The van der Waals surface area contributed by atoms with Crippen LogP contribution in [0.1, 0.15) is 46.0 Å². The molecule has 0 N–H and O–H groups in total. The van der Waals surface area contributed by atoms with Gasteiger partial charge in [0.05, 0.1) is 11.3 Å². The first kappa shape index (κ1) is 10.5. The normalized spacial score (nSPS) is 21.8. The maximum absolute atomic E-state index is 2.56. The van der Waals surface area contributed by atoms with Crippen LogP contribution in [0.15, 0.2) is 0 Å². The van der Waals surface area contributed by atoms with Gasteiger partial charge in [0.1, 0.15) is 0 Å². The average Bonchev–Trinajstić information content (AvgIpc) is 2.06. The molecule has 0 aromatic heterocycles. The Labute approximate surface area is 78.5 Å². The van der Waals surface area contributed by atoms with Crippen LogP contribution in [-0.2, 0) is 0 Å². The van der Waals surface area contributed by atoms with Gasteiger partial charge in [-0.15, -0.1) is 0 Å². The van der Waals surface area contributed by atoms with Crippen molar-refractivity contribution < 1.29 is 0 Å². The van der Waals surface area contributed by atoms with Crippen molar-refractivity contribution in [3.8, 4) is 0 Å². The lowest BCUT2D eigenvalue weighted by molar-refractivity contribution is 0.507. The molecule has 0 aromatic rings. The summed E-state index contributed by atoms with van der Waals surface area (Å²) in [7, 11) is -0.590. The van der Waals surface area contributed by atoms with E-state index in [2.05, 4.69) is 27.2 Å². The minimum Gasteiger partial charge on any atom is -0.0530 e. The summed E-state index contributed by atoms with van der Waals surface area (Å²) in [5.41, 5.74) is 2.05. The van der Waals surface area contributed by atoms with E-state index in [9.17, 15) is 0 Å². The highest BCUT2D eigenvalue weighted by Gasteiger charge is 2.39. The van der Waals surface area contributed by atoms with E-state index < -0.39 is 7.26 Å². The van der Waals surface area contributed by atoms with Crippen LogP contribution in [0.2, 0.25) is 0 Å². The van der Waals surface area contributed by atoms with E-state index in [0.29, 0.717) is 0 Å². The molecule has 0 aliphatic heterocycles. The molecule has 0 amide bonds. The zero-order valence-corrected chi connectivity index (χ0v) is 10.0. The van der Waals surface area contributed by atoms with Crippen LogP contribution in [0.25, 0.3) is 0 Å². The van der Waals surface area contributed by atoms with Gasteiger partial charge in [-0.25, -0.2) is 0 Å². The van der Waals surface area contributed by atoms with Gasteiger partial charge in [0.15, 0.2) is 0 Å². The molecule has 1 rings (SSSR count). The van der Waals surface area contributed by atoms with Gasteiger partial charge in [0, 0.05) is 20.6 Å². The van der Waals surface area contributed by atoms with Crippen LogP contribution in [0.4, 0.5) is 0 Å². The maximum atomic E-state index is 2.56. The van der Waals surface area contributed by atoms with Crippen LogP contribution < -0.4 is 0 Å². The first-order valence-corrected chi connectivity index (χ1v) is 8.20. The Kier molecular flexibility index (Phi) is 3.58. The van der Waals surface area contributed by atoms with E-state index >= 15 is 0 Å². The van der Waals surface area contributed by atoms with Crippen LogP contribution in [-0.4, -0.2) is 24.6 Å². The van der Waals surface area contributed by atoms with Crippen molar-refractivity contribution >= 4 is 7.26 Å². The van der Waals surface area contributed by atoms with E-state index in [1.165, 1.54) is 32.1 Å². The fraction of sp³-hybridized carbons (Fsp3) is 1.00. The molecule has 1 aliphatic rings. The summed E-state index contributed by atoms with van der Waals surface area (Å²) < 4.78 is 0. The number of rotatable bonds is 2. The van der Waals surface area contributed by atoms with Crippen molar-refractivity contribution in [2.75, 3.05) is 13.3 Å². The molecule has 0 unspecified atom stereocenters. The summed E-state index contributed by atoms with van der Waals surface area (Å²) in [6.07, 6.45) is 7.55. The van der Waals surface area contributed by atoms with Crippen LogP contribution in [0.5, 0.6) is 0 Å². The monoisotopic (exact) mass is 187 g/mol. The van der Waals surface area contributed by atoms with Gasteiger partial charge < -0.3 is 0 Å². The van der Waals surface area contributed by atoms with Gasteiger partial charge in [-0.2, -0.15) is 0 Å². The highest BCUT2D eigenvalue weighted by atomic mass is 31.2. The lowest BCUT2D eigenvalue weighted by Crippen LogP contribution is -2.21. The van der Waals surface area contributed by atoms with Gasteiger partial charge in [-0.05, 0) is 39.5 Å². The Morgan fingerprint density at radius 1 is 1.00 bits per heavy atom.